The normalized spacial score (nSPS) is 15.6. The molecule has 1 heterocycles. The van der Waals surface area contributed by atoms with Crippen LogP contribution in [0.15, 0.2) is 24.3 Å². The van der Waals surface area contributed by atoms with Crippen LogP contribution in [0.3, 0.4) is 0 Å². The van der Waals surface area contributed by atoms with Crippen LogP contribution in [-0.4, -0.2) is 9.55 Å². The molecule has 0 radical (unpaired) electrons. The fraction of sp³-hybridized carbons (Fsp3) is 0.438. The molecule has 1 aliphatic carbocycles. The van der Waals surface area contributed by atoms with Gasteiger partial charge in [0, 0.05) is 22.0 Å². The molecular weight excluding hydrogens is 270 g/mol. The summed E-state index contributed by atoms with van der Waals surface area (Å²) in [7, 11) is 0. The minimum atomic E-state index is -0.0559. The van der Waals surface area contributed by atoms with Gasteiger partial charge in [0.05, 0.1) is 0 Å². The van der Waals surface area contributed by atoms with E-state index in [9.17, 15) is 0 Å². The Bertz CT molecular complexity index is 631. The molecular formula is C16H20ClN3. The van der Waals surface area contributed by atoms with Gasteiger partial charge in [-0.1, -0.05) is 23.7 Å². The van der Waals surface area contributed by atoms with Crippen LogP contribution >= 0.6 is 11.6 Å². The minimum absolute atomic E-state index is 0.0559. The SMILES string of the molecule is CC(C)(C)n1c(C2CC2)nc(-c2ccc(Cl)cc2)c1N. The van der Waals surface area contributed by atoms with E-state index in [0.29, 0.717) is 5.92 Å². The molecule has 106 valence electrons. The molecule has 2 aromatic rings. The summed E-state index contributed by atoms with van der Waals surface area (Å²) in [5.74, 6) is 2.44. The van der Waals surface area contributed by atoms with Crippen LogP contribution in [0.1, 0.15) is 45.4 Å². The maximum Gasteiger partial charge on any atom is 0.132 e. The third-order valence-electron chi connectivity index (χ3n) is 3.67. The monoisotopic (exact) mass is 289 g/mol. The molecule has 0 unspecified atom stereocenters. The summed E-state index contributed by atoms with van der Waals surface area (Å²) in [6, 6.07) is 7.71. The Hall–Kier alpha value is -1.48. The highest BCUT2D eigenvalue weighted by molar-refractivity contribution is 6.30. The van der Waals surface area contributed by atoms with Crippen LogP contribution in [-0.2, 0) is 5.54 Å². The van der Waals surface area contributed by atoms with E-state index in [2.05, 4.69) is 25.3 Å². The van der Waals surface area contributed by atoms with Crippen LogP contribution in [0.2, 0.25) is 5.02 Å². The molecule has 0 spiro atoms. The van der Waals surface area contributed by atoms with Gasteiger partial charge in [-0.3, -0.25) is 0 Å². The lowest BCUT2D eigenvalue weighted by atomic mass is 10.1. The first-order chi connectivity index (χ1) is 9.38. The highest BCUT2D eigenvalue weighted by Crippen LogP contribution is 2.44. The van der Waals surface area contributed by atoms with E-state index in [1.54, 1.807) is 0 Å². The molecule has 20 heavy (non-hydrogen) atoms. The largest absolute Gasteiger partial charge is 0.383 e. The lowest BCUT2D eigenvalue weighted by molar-refractivity contribution is 0.388. The molecule has 1 fully saturated rings. The zero-order valence-electron chi connectivity index (χ0n) is 12.2. The van der Waals surface area contributed by atoms with Crippen molar-refractivity contribution in [2.24, 2.45) is 0 Å². The van der Waals surface area contributed by atoms with Crippen LogP contribution in [0.4, 0.5) is 5.82 Å². The molecule has 3 rings (SSSR count). The van der Waals surface area contributed by atoms with Crippen molar-refractivity contribution in [3.8, 4) is 11.3 Å². The van der Waals surface area contributed by atoms with Crippen molar-refractivity contribution in [1.82, 2.24) is 9.55 Å². The predicted molar refractivity (Wildman–Crippen MR) is 84.1 cm³/mol. The molecule has 3 nitrogen and oxygen atoms in total. The lowest BCUT2D eigenvalue weighted by Crippen LogP contribution is -2.25. The highest BCUT2D eigenvalue weighted by atomic mass is 35.5. The van der Waals surface area contributed by atoms with Crippen LogP contribution in [0, 0.1) is 0 Å². The summed E-state index contributed by atoms with van der Waals surface area (Å²) < 4.78 is 2.19. The number of nitrogens with zero attached hydrogens (tertiary/aromatic N) is 2. The quantitative estimate of drug-likeness (QED) is 0.889. The fourth-order valence-electron chi connectivity index (χ4n) is 2.59. The van der Waals surface area contributed by atoms with Crippen molar-refractivity contribution >= 4 is 17.4 Å². The van der Waals surface area contributed by atoms with Crippen molar-refractivity contribution in [2.45, 2.75) is 45.1 Å². The Kier molecular flexibility index (Phi) is 3.05. The molecule has 0 atom stereocenters. The zero-order valence-corrected chi connectivity index (χ0v) is 12.9. The molecule has 0 bridgehead atoms. The van der Waals surface area contributed by atoms with E-state index in [0.717, 1.165) is 27.9 Å². The number of halogens is 1. The molecule has 1 aliphatic rings. The zero-order chi connectivity index (χ0) is 14.5. The number of aromatic nitrogens is 2. The highest BCUT2D eigenvalue weighted by Gasteiger charge is 2.34. The summed E-state index contributed by atoms with van der Waals surface area (Å²) in [5.41, 5.74) is 8.24. The number of rotatable bonds is 2. The summed E-state index contributed by atoms with van der Waals surface area (Å²) in [4.78, 5) is 4.83. The second-order valence-electron chi connectivity index (χ2n) is 6.49. The Morgan fingerprint density at radius 3 is 2.30 bits per heavy atom. The number of benzene rings is 1. The Balaban J connectivity index is 2.15. The first-order valence-corrected chi connectivity index (χ1v) is 7.40. The summed E-state index contributed by atoms with van der Waals surface area (Å²) >= 11 is 5.95. The van der Waals surface area contributed by atoms with Gasteiger partial charge in [-0.25, -0.2) is 4.98 Å². The van der Waals surface area contributed by atoms with Gasteiger partial charge in [0.1, 0.15) is 17.3 Å². The molecule has 1 aromatic carbocycles. The number of hydrogen-bond donors (Lipinski definition) is 1. The van der Waals surface area contributed by atoms with Gasteiger partial charge < -0.3 is 10.3 Å². The minimum Gasteiger partial charge on any atom is -0.383 e. The smallest absolute Gasteiger partial charge is 0.132 e. The van der Waals surface area contributed by atoms with Gasteiger partial charge in [0.15, 0.2) is 0 Å². The molecule has 1 saturated carbocycles. The predicted octanol–water partition coefficient (Wildman–Crippen LogP) is 4.42. The second-order valence-corrected chi connectivity index (χ2v) is 6.93. The number of nitrogens with two attached hydrogens (primary N) is 1. The first-order valence-electron chi connectivity index (χ1n) is 7.02. The number of hydrogen-bond acceptors (Lipinski definition) is 2. The van der Waals surface area contributed by atoms with Gasteiger partial charge in [-0.2, -0.15) is 0 Å². The first kappa shape index (κ1) is 13.5. The summed E-state index contributed by atoms with van der Waals surface area (Å²) in [6.45, 7) is 6.51. The molecule has 1 aromatic heterocycles. The van der Waals surface area contributed by atoms with E-state index in [1.165, 1.54) is 12.8 Å². The van der Waals surface area contributed by atoms with E-state index in [4.69, 9.17) is 22.3 Å². The second kappa shape index (κ2) is 4.52. The third kappa shape index (κ3) is 2.31. The fourth-order valence-corrected chi connectivity index (χ4v) is 2.72. The number of nitrogen functional groups attached to an aromatic ring is 1. The maximum absolute atomic E-state index is 6.39. The van der Waals surface area contributed by atoms with Gasteiger partial charge in [-0.15, -0.1) is 0 Å². The molecule has 0 aliphatic heterocycles. The van der Waals surface area contributed by atoms with Crippen LogP contribution in [0.5, 0.6) is 0 Å². The van der Waals surface area contributed by atoms with Crippen molar-refractivity contribution in [3.05, 3.63) is 35.1 Å². The molecule has 0 saturated heterocycles. The third-order valence-corrected chi connectivity index (χ3v) is 3.92. The summed E-state index contributed by atoms with van der Waals surface area (Å²) in [5, 5.41) is 0.727. The van der Waals surface area contributed by atoms with Crippen LogP contribution in [0.25, 0.3) is 11.3 Å². The Labute approximate surface area is 124 Å². The van der Waals surface area contributed by atoms with E-state index in [-0.39, 0.29) is 5.54 Å². The van der Waals surface area contributed by atoms with Gasteiger partial charge in [0.2, 0.25) is 0 Å². The number of imidazole rings is 1. The van der Waals surface area contributed by atoms with Crippen molar-refractivity contribution < 1.29 is 0 Å². The molecule has 4 heteroatoms. The molecule has 2 N–H and O–H groups in total. The van der Waals surface area contributed by atoms with E-state index >= 15 is 0 Å². The molecule has 0 amide bonds. The number of anilines is 1. The van der Waals surface area contributed by atoms with Gasteiger partial charge >= 0.3 is 0 Å². The standard InChI is InChI=1S/C16H20ClN3/c1-16(2,3)20-14(18)13(19-15(20)11-4-5-11)10-6-8-12(17)9-7-10/h6-9,11H,4-5,18H2,1-3H3. The van der Waals surface area contributed by atoms with Crippen molar-refractivity contribution in [1.29, 1.82) is 0 Å². The summed E-state index contributed by atoms with van der Waals surface area (Å²) in [6.07, 6.45) is 2.43. The lowest BCUT2D eigenvalue weighted by Gasteiger charge is -2.25. The topological polar surface area (TPSA) is 43.8 Å². The maximum atomic E-state index is 6.39. The van der Waals surface area contributed by atoms with Crippen molar-refractivity contribution in [3.63, 3.8) is 0 Å². The van der Waals surface area contributed by atoms with E-state index < -0.39 is 0 Å². The average Bonchev–Trinajstić information content (AvgIpc) is 3.13. The van der Waals surface area contributed by atoms with Crippen LogP contribution < -0.4 is 5.73 Å². The van der Waals surface area contributed by atoms with Crippen molar-refractivity contribution in [2.75, 3.05) is 5.73 Å². The van der Waals surface area contributed by atoms with Gasteiger partial charge in [0.25, 0.3) is 0 Å². The average molecular weight is 290 g/mol. The van der Waals surface area contributed by atoms with Gasteiger partial charge in [-0.05, 0) is 45.7 Å². The Morgan fingerprint density at radius 2 is 1.80 bits per heavy atom. The Morgan fingerprint density at radius 1 is 1.20 bits per heavy atom. The van der Waals surface area contributed by atoms with E-state index in [1.807, 2.05) is 24.3 Å².